The van der Waals surface area contributed by atoms with E-state index >= 15 is 0 Å². The van der Waals surface area contributed by atoms with Gasteiger partial charge in [0.05, 0.1) is 5.69 Å². The van der Waals surface area contributed by atoms with Crippen molar-refractivity contribution in [3.8, 4) is 11.3 Å². The molecule has 74 valence electrons. The van der Waals surface area contributed by atoms with Crippen LogP contribution in [0.25, 0.3) is 11.3 Å². The van der Waals surface area contributed by atoms with E-state index in [1.54, 1.807) is 11.3 Å². The van der Waals surface area contributed by atoms with Gasteiger partial charge in [0.25, 0.3) is 0 Å². The second-order valence-corrected chi connectivity index (χ2v) is 5.43. The lowest BCUT2D eigenvalue weighted by Gasteiger charge is -1.92. The maximum absolute atomic E-state index is 4.49. The Morgan fingerprint density at radius 2 is 2.14 bits per heavy atom. The van der Waals surface area contributed by atoms with Crippen LogP contribution in [0.4, 0.5) is 5.13 Å². The zero-order chi connectivity index (χ0) is 10.1. The summed E-state index contributed by atoms with van der Waals surface area (Å²) in [4.78, 5) is 7.17. The summed E-state index contributed by atoms with van der Waals surface area (Å²) in [6.07, 6.45) is 0. The lowest BCUT2D eigenvalue weighted by Crippen LogP contribution is -1.85. The van der Waals surface area contributed by atoms with Crippen molar-refractivity contribution >= 4 is 27.8 Å². The van der Waals surface area contributed by atoms with Crippen LogP contribution in [0.2, 0.25) is 0 Å². The van der Waals surface area contributed by atoms with Gasteiger partial charge in [0.1, 0.15) is 0 Å². The highest BCUT2D eigenvalue weighted by Crippen LogP contribution is 2.32. The molecule has 4 heteroatoms. The summed E-state index contributed by atoms with van der Waals surface area (Å²) in [7, 11) is 1.90. The van der Waals surface area contributed by atoms with Crippen LogP contribution in [0, 0.1) is 13.8 Å². The third-order valence-corrected chi connectivity index (χ3v) is 3.86. The molecule has 0 bridgehead atoms. The average molecular weight is 224 g/mol. The summed E-state index contributed by atoms with van der Waals surface area (Å²) in [6, 6.07) is 2.20. The van der Waals surface area contributed by atoms with Gasteiger partial charge in [0.2, 0.25) is 0 Å². The zero-order valence-electron chi connectivity index (χ0n) is 8.42. The number of hydrogen-bond donors (Lipinski definition) is 1. The van der Waals surface area contributed by atoms with Crippen LogP contribution < -0.4 is 5.32 Å². The van der Waals surface area contributed by atoms with E-state index < -0.39 is 0 Å². The first-order valence-electron chi connectivity index (χ1n) is 4.41. The van der Waals surface area contributed by atoms with E-state index in [1.165, 1.54) is 15.3 Å². The van der Waals surface area contributed by atoms with Gasteiger partial charge in [-0.05, 0) is 19.9 Å². The summed E-state index contributed by atoms with van der Waals surface area (Å²) < 4.78 is 0. The van der Waals surface area contributed by atoms with Gasteiger partial charge in [-0.15, -0.1) is 22.7 Å². The Hall–Kier alpha value is -0.870. The predicted molar refractivity (Wildman–Crippen MR) is 64.4 cm³/mol. The molecule has 0 fully saturated rings. The van der Waals surface area contributed by atoms with Gasteiger partial charge in [-0.25, -0.2) is 4.98 Å². The summed E-state index contributed by atoms with van der Waals surface area (Å²) in [5.41, 5.74) is 2.35. The maximum atomic E-state index is 4.49. The summed E-state index contributed by atoms with van der Waals surface area (Å²) in [5.74, 6) is 0. The van der Waals surface area contributed by atoms with Crippen LogP contribution in [-0.2, 0) is 0 Å². The monoisotopic (exact) mass is 224 g/mol. The van der Waals surface area contributed by atoms with Crippen molar-refractivity contribution in [2.45, 2.75) is 13.8 Å². The van der Waals surface area contributed by atoms with Crippen LogP contribution in [0.5, 0.6) is 0 Å². The lowest BCUT2D eigenvalue weighted by atomic mass is 10.2. The SMILES string of the molecule is CNc1nc(-c2cc(C)sc2C)cs1. The van der Waals surface area contributed by atoms with Crippen molar-refractivity contribution in [1.29, 1.82) is 0 Å². The minimum atomic E-state index is 0.975. The molecule has 14 heavy (non-hydrogen) atoms. The first kappa shape index (κ1) is 9.68. The van der Waals surface area contributed by atoms with Crippen LogP contribution in [0.3, 0.4) is 0 Å². The standard InChI is InChI=1S/C10H12N2S2/c1-6-4-8(7(2)14-6)9-5-13-10(11-3)12-9/h4-5H,1-3H3,(H,11,12). The second kappa shape index (κ2) is 3.71. The molecule has 2 aromatic heterocycles. The van der Waals surface area contributed by atoms with Gasteiger partial charge in [-0.2, -0.15) is 0 Å². The number of rotatable bonds is 2. The highest BCUT2D eigenvalue weighted by molar-refractivity contribution is 7.14. The predicted octanol–water partition coefficient (Wildman–Crippen LogP) is 3.53. The summed E-state index contributed by atoms with van der Waals surface area (Å²) in [6.45, 7) is 4.28. The van der Waals surface area contributed by atoms with Crippen molar-refractivity contribution in [3.05, 3.63) is 21.2 Å². The first-order chi connectivity index (χ1) is 6.70. The largest absolute Gasteiger partial charge is 0.365 e. The Morgan fingerprint density at radius 3 is 2.64 bits per heavy atom. The van der Waals surface area contributed by atoms with Gasteiger partial charge in [0, 0.05) is 27.7 Å². The Balaban J connectivity index is 2.43. The number of nitrogens with zero attached hydrogens (tertiary/aromatic N) is 1. The molecule has 0 amide bonds. The van der Waals surface area contributed by atoms with Gasteiger partial charge < -0.3 is 5.32 Å². The van der Waals surface area contributed by atoms with E-state index in [1.807, 2.05) is 18.4 Å². The molecule has 0 atom stereocenters. The fraction of sp³-hybridized carbons (Fsp3) is 0.300. The van der Waals surface area contributed by atoms with E-state index in [9.17, 15) is 0 Å². The molecule has 2 heterocycles. The molecule has 0 saturated carbocycles. The Kier molecular flexibility index (Phi) is 2.56. The quantitative estimate of drug-likeness (QED) is 0.844. The van der Waals surface area contributed by atoms with Crippen LogP contribution >= 0.6 is 22.7 Å². The van der Waals surface area contributed by atoms with Crippen LogP contribution in [0.15, 0.2) is 11.4 Å². The summed E-state index contributed by atoms with van der Waals surface area (Å²) >= 11 is 3.47. The molecule has 0 saturated heterocycles. The fourth-order valence-electron chi connectivity index (χ4n) is 1.40. The number of thiazole rings is 1. The number of aromatic nitrogens is 1. The molecular formula is C10H12N2S2. The third kappa shape index (κ3) is 1.67. The van der Waals surface area contributed by atoms with Crippen molar-refractivity contribution in [2.75, 3.05) is 12.4 Å². The summed E-state index contributed by atoms with van der Waals surface area (Å²) in [5, 5.41) is 6.13. The third-order valence-electron chi connectivity index (χ3n) is 2.03. The molecular weight excluding hydrogens is 212 g/mol. The first-order valence-corrected chi connectivity index (χ1v) is 6.11. The Bertz CT molecular complexity index is 443. The normalized spacial score (nSPS) is 10.5. The number of anilines is 1. The number of hydrogen-bond acceptors (Lipinski definition) is 4. The molecule has 0 aliphatic heterocycles. The van der Waals surface area contributed by atoms with Crippen molar-refractivity contribution < 1.29 is 0 Å². The topological polar surface area (TPSA) is 24.9 Å². The smallest absolute Gasteiger partial charge is 0.182 e. The van der Waals surface area contributed by atoms with Gasteiger partial charge >= 0.3 is 0 Å². The molecule has 2 rings (SSSR count). The van der Waals surface area contributed by atoms with Crippen LogP contribution in [0.1, 0.15) is 9.75 Å². The van der Waals surface area contributed by atoms with Gasteiger partial charge in [0.15, 0.2) is 5.13 Å². The Morgan fingerprint density at radius 1 is 1.36 bits per heavy atom. The minimum absolute atomic E-state index is 0.975. The van der Waals surface area contributed by atoms with E-state index in [0.717, 1.165) is 10.8 Å². The molecule has 2 nitrogen and oxygen atoms in total. The van der Waals surface area contributed by atoms with E-state index in [0.29, 0.717) is 0 Å². The molecule has 0 aliphatic carbocycles. The molecule has 0 aromatic carbocycles. The fourth-order valence-corrected chi connectivity index (χ4v) is 3.00. The second-order valence-electron chi connectivity index (χ2n) is 3.11. The maximum Gasteiger partial charge on any atom is 0.182 e. The van der Waals surface area contributed by atoms with Crippen molar-refractivity contribution in [3.63, 3.8) is 0 Å². The highest BCUT2D eigenvalue weighted by Gasteiger charge is 2.08. The molecule has 0 unspecified atom stereocenters. The number of aryl methyl sites for hydroxylation is 2. The van der Waals surface area contributed by atoms with E-state index in [2.05, 4.69) is 35.6 Å². The average Bonchev–Trinajstić information content (AvgIpc) is 2.71. The van der Waals surface area contributed by atoms with Crippen molar-refractivity contribution in [1.82, 2.24) is 4.98 Å². The zero-order valence-corrected chi connectivity index (χ0v) is 10.1. The van der Waals surface area contributed by atoms with E-state index in [-0.39, 0.29) is 0 Å². The minimum Gasteiger partial charge on any atom is -0.365 e. The number of nitrogens with one attached hydrogen (secondary N) is 1. The molecule has 1 N–H and O–H groups in total. The number of thiophene rings is 1. The molecule has 0 aliphatic rings. The van der Waals surface area contributed by atoms with Crippen molar-refractivity contribution in [2.24, 2.45) is 0 Å². The highest BCUT2D eigenvalue weighted by atomic mass is 32.1. The van der Waals surface area contributed by atoms with Gasteiger partial charge in [-0.1, -0.05) is 0 Å². The molecule has 0 spiro atoms. The Labute approximate surface area is 91.6 Å². The van der Waals surface area contributed by atoms with E-state index in [4.69, 9.17) is 0 Å². The molecule has 0 radical (unpaired) electrons. The van der Waals surface area contributed by atoms with Crippen LogP contribution in [-0.4, -0.2) is 12.0 Å². The van der Waals surface area contributed by atoms with Gasteiger partial charge in [-0.3, -0.25) is 0 Å². The lowest BCUT2D eigenvalue weighted by molar-refractivity contribution is 1.36. The molecule has 2 aromatic rings.